The summed E-state index contributed by atoms with van der Waals surface area (Å²) in [6.45, 7) is 6.09. The second-order valence-electron chi connectivity index (χ2n) is 6.14. The predicted molar refractivity (Wildman–Crippen MR) is 85.8 cm³/mol. The van der Waals surface area contributed by atoms with Gasteiger partial charge in [0.25, 0.3) is 5.56 Å². The molecule has 1 aromatic heterocycles. The molecule has 0 spiro atoms. The molecule has 3 heteroatoms. The number of rotatable bonds is 4. The number of aromatic amines is 1. The lowest BCUT2D eigenvalue weighted by Crippen LogP contribution is -2.12. The van der Waals surface area contributed by atoms with Crippen LogP contribution in [0.2, 0.25) is 0 Å². The van der Waals surface area contributed by atoms with E-state index in [9.17, 15) is 4.79 Å². The summed E-state index contributed by atoms with van der Waals surface area (Å²) in [7, 11) is 0. The van der Waals surface area contributed by atoms with Crippen molar-refractivity contribution >= 4 is 10.8 Å². The van der Waals surface area contributed by atoms with Crippen molar-refractivity contribution in [2.45, 2.75) is 38.7 Å². The van der Waals surface area contributed by atoms with Crippen LogP contribution in [0.15, 0.2) is 47.4 Å². The Morgan fingerprint density at radius 2 is 2.24 bits per heavy atom. The van der Waals surface area contributed by atoms with Gasteiger partial charge in [0.15, 0.2) is 0 Å². The minimum atomic E-state index is -0.0542. The van der Waals surface area contributed by atoms with Gasteiger partial charge in [-0.2, -0.15) is 0 Å². The maximum absolute atomic E-state index is 11.7. The van der Waals surface area contributed by atoms with E-state index in [1.807, 2.05) is 24.3 Å². The Morgan fingerprint density at radius 3 is 3.05 bits per heavy atom. The second-order valence-corrected chi connectivity index (χ2v) is 6.14. The van der Waals surface area contributed by atoms with Crippen molar-refractivity contribution in [3.05, 3.63) is 53.0 Å². The molecule has 2 atom stereocenters. The summed E-state index contributed by atoms with van der Waals surface area (Å²) in [5, 5.41) is 1.63. The van der Waals surface area contributed by atoms with Gasteiger partial charge in [0.1, 0.15) is 5.75 Å². The quantitative estimate of drug-likeness (QED) is 0.860. The molecule has 0 amide bonds. The molecular weight excluding hydrogens is 262 g/mol. The number of hydrogen-bond acceptors (Lipinski definition) is 2. The lowest BCUT2D eigenvalue weighted by molar-refractivity contribution is 0.204. The van der Waals surface area contributed by atoms with Gasteiger partial charge in [-0.05, 0) is 68.2 Å². The fraction of sp³-hybridized carbons (Fsp3) is 0.389. The Morgan fingerprint density at radius 1 is 1.38 bits per heavy atom. The van der Waals surface area contributed by atoms with E-state index in [-0.39, 0.29) is 11.7 Å². The number of benzene rings is 1. The molecule has 110 valence electrons. The van der Waals surface area contributed by atoms with E-state index in [4.69, 9.17) is 4.74 Å². The Bertz CT molecular complexity index is 716. The van der Waals surface area contributed by atoms with Crippen molar-refractivity contribution in [3.8, 4) is 5.75 Å². The van der Waals surface area contributed by atoms with Gasteiger partial charge < -0.3 is 9.72 Å². The van der Waals surface area contributed by atoms with Crippen LogP contribution >= 0.6 is 0 Å². The molecule has 21 heavy (non-hydrogen) atoms. The Kier molecular flexibility index (Phi) is 3.82. The van der Waals surface area contributed by atoms with Crippen molar-refractivity contribution in [2.24, 2.45) is 5.92 Å². The summed E-state index contributed by atoms with van der Waals surface area (Å²) in [6, 6.07) is 7.59. The molecule has 1 aliphatic rings. The van der Waals surface area contributed by atoms with Crippen LogP contribution in [-0.4, -0.2) is 11.1 Å². The van der Waals surface area contributed by atoms with Crippen molar-refractivity contribution in [2.75, 3.05) is 0 Å². The average Bonchev–Trinajstić information content (AvgIpc) is 2.85. The van der Waals surface area contributed by atoms with E-state index in [2.05, 4.69) is 18.5 Å². The van der Waals surface area contributed by atoms with Crippen molar-refractivity contribution in [3.63, 3.8) is 0 Å². The number of fused-ring (bicyclic) bond motifs is 1. The van der Waals surface area contributed by atoms with Gasteiger partial charge in [0.2, 0.25) is 0 Å². The molecule has 0 saturated heterocycles. The van der Waals surface area contributed by atoms with E-state index in [1.54, 1.807) is 6.20 Å². The Labute approximate surface area is 124 Å². The third kappa shape index (κ3) is 3.18. The summed E-state index contributed by atoms with van der Waals surface area (Å²) in [5.41, 5.74) is 1.20. The lowest BCUT2D eigenvalue weighted by atomic mass is 10.00. The molecule has 1 aromatic carbocycles. The molecule has 0 bridgehead atoms. The maximum Gasteiger partial charge on any atom is 0.255 e. The zero-order valence-electron chi connectivity index (χ0n) is 12.4. The number of nitrogens with one attached hydrogen (secondary N) is 1. The summed E-state index contributed by atoms with van der Waals surface area (Å²) in [4.78, 5) is 14.4. The van der Waals surface area contributed by atoms with Gasteiger partial charge in [0, 0.05) is 11.6 Å². The van der Waals surface area contributed by atoms with Gasteiger partial charge in [-0.1, -0.05) is 5.57 Å². The molecule has 1 saturated carbocycles. The summed E-state index contributed by atoms with van der Waals surface area (Å²) >= 11 is 0. The third-order valence-electron chi connectivity index (χ3n) is 4.18. The van der Waals surface area contributed by atoms with Gasteiger partial charge in [-0.25, -0.2) is 0 Å². The highest BCUT2D eigenvalue weighted by Crippen LogP contribution is 2.33. The molecule has 1 heterocycles. The highest BCUT2D eigenvalue weighted by molar-refractivity contribution is 5.82. The molecule has 1 N–H and O–H groups in total. The topological polar surface area (TPSA) is 42.1 Å². The van der Waals surface area contributed by atoms with Gasteiger partial charge in [-0.15, -0.1) is 6.58 Å². The molecule has 2 aromatic rings. The first-order valence-corrected chi connectivity index (χ1v) is 7.54. The van der Waals surface area contributed by atoms with Crippen LogP contribution in [0, 0.1) is 5.92 Å². The van der Waals surface area contributed by atoms with Crippen molar-refractivity contribution in [1.29, 1.82) is 0 Å². The van der Waals surface area contributed by atoms with E-state index in [0.29, 0.717) is 11.3 Å². The fourth-order valence-electron chi connectivity index (χ4n) is 3.25. The number of hydrogen-bond donors (Lipinski definition) is 1. The van der Waals surface area contributed by atoms with Crippen LogP contribution in [0.1, 0.15) is 32.6 Å². The summed E-state index contributed by atoms with van der Waals surface area (Å²) in [6.07, 6.45) is 6.48. The Hall–Kier alpha value is -2.03. The number of ether oxygens (including phenoxy) is 1. The highest BCUT2D eigenvalue weighted by Gasteiger charge is 2.25. The molecule has 0 aliphatic heterocycles. The van der Waals surface area contributed by atoms with Gasteiger partial charge in [-0.3, -0.25) is 4.79 Å². The van der Waals surface area contributed by atoms with Crippen molar-refractivity contribution in [1.82, 2.24) is 4.98 Å². The van der Waals surface area contributed by atoms with Crippen LogP contribution < -0.4 is 10.3 Å². The zero-order valence-corrected chi connectivity index (χ0v) is 12.4. The van der Waals surface area contributed by atoms with Crippen LogP contribution in [0.3, 0.4) is 0 Å². The van der Waals surface area contributed by atoms with E-state index in [0.717, 1.165) is 30.4 Å². The SMILES string of the molecule is C=C(C)C[C@@H]1CC[C@H](Oc2ccc3c(=O)[nH]ccc3c2)C1. The molecule has 1 fully saturated rings. The number of pyridine rings is 1. The average molecular weight is 283 g/mol. The molecule has 3 nitrogen and oxygen atoms in total. The van der Waals surface area contributed by atoms with Crippen molar-refractivity contribution < 1.29 is 4.74 Å². The third-order valence-corrected chi connectivity index (χ3v) is 4.18. The predicted octanol–water partition coefficient (Wildman–Crippen LogP) is 4.04. The molecule has 0 radical (unpaired) electrons. The molecular formula is C18H21NO2. The van der Waals surface area contributed by atoms with E-state index < -0.39 is 0 Å². The summed E-state index contributed by atoms with van der Waals surface area (Å²) in [5.74, 6) is 1.56. The first-order chi connectivity index (χ1) is 10.1. The fourth-order valence-corrected chi connectivity index (χ4v) is 3.25. The standard InChI is InChI=1S/C18H21NO2/c1-12(2)9-13-3-4-15(10-13)21-16-5-6-17-14(11-16)7-8-19-18(17)20/h5-8,11,13,15H,1,3-4,9-10H2,2H3,(H,19,20)/t13-,15-/m0/s1. The maximum atomic E-state index is 11.7. The minimum absolute atomic E-state index is 0.0542. The van der Waals surface area contributed by atoms with Crippen LogP contribution in [-0.2, 0) is 0 Å². The highest BCUT2D eigenvalue weighted by atomic mass is 16.5. The Balaban J connectivity index is 1.71. The molecule has 3 rings (SSSR count). The molecule has 1 aliphatic carbocycles. The summed E-state index contributed by atoms with van der Waals surface area (Å²) < 4.78 is 6.09. The smallest absolute Gasteiger partial charge is 0.255 e. The van der Waals surface area contributed by atoms with E-state index >= 15 is 0 Å². The number of H-pyrrole nitrogens is 1. The first-order valence-electron chi connectivity index (χ1n) is 7.54. The lowest BCUT2D eigenvalue weighted by Gasteiger charge is -2.14. The largest absolute Gasteiger partial charge is 0.490 e. The van der Waals surface area contributed by atoms with E-state index in [1.165, 1.54) is 12.0 Å². The monoisotopic (exact) mass is 283 g/mol. The number of aromatic nitrogens is 1. The van der Waals surface area contributed by atoms with Crippen LogP contribution in [0.25, 0.3) is 10.8 Å². The second kappa shape index (κ2) is 5.76. The first kappa shape index (κ1) is 13.9. The molecule has 0 unspecified atom stereocenters. The van der Waals surface area contributed by atoms with Gasteiger partial charge in [0.05, 0.1) is 6.10 Å². The zero-order chi connectivity index (χ0) is 14.8. The normalized spacial score (nSPS) is 21.6. The number of allylic oxidation sites excluding steroid dienone is 1. The van der Waals surface area contributed by atoms with Crippen LogP contribution in [0.5, 0.6) is 5.75 Å². The minimum Gasteiger partial charge on any atom is -0.490 e. The van der Waals surface area contributed by atoms with Gasteiger partial charge >= 0.3 is 0 Å². The van der Waals surface area contributed by atoms with Crippen LogP contribution in [0.4, 0.5) is 0 Å².